The monoisotopic (exact) mass is 328 g/mol. The number of primary sulfonamides is 1. The van der Waals surface area contributed by atoms with Crippen LogP contribution in [0.5, 0.6) is 0 Å². The second-order valence-electron chi connectivity index (χ2n) is 4.72. The summed E-state index contributed by atoms with van der Waals surface area (Å²) in [4.78, 5) is 11.5. The molecule has 0 aromatic heterocycles. The van der Waals surface area contributed by atoms with Crippen LogP contribution in [0.4, 0.5) is 5.69 Å². The maximum atomic E-state index is 11.5. The molecular weight excluding hydrogens is 314 g/mol. The van der Waals surface area contributed by atoms with Crippen LogP contribution in [-0.2, 0) is 10.0 Å². The van der Waals surface area contributed by atoms with Crippen molar-refractivity contribution in [1.82, 2.24) is 0 Å². The van der Waals surface area contributed by atoms with Crippen molar-refractivity contribution in [2.24, 2.45) is 10.9 Å². The van der Waals surface area contributed by atoms with E-state index in [2.05, 4.69) is 18.8 Å². The summed E-state index contributed by atoms with van der Waals surface area (Å²) in [7, 11) is -3.79. The van der Waals surface area contributed by atoms with Gasteiger partial charge in [0.15, 0.2) is 0 Å². The molecule has 6 nitrogen and oxygen atoms in total. The van der Waals surface area contributed by atoms with Crippen LogP contribution >= 0.6 is 0 Å². The molecule has 2 aromatic rings. The van der Waals surface area contributed by atoms with Crippen LogP contribution in [0.2, 0.25) is 0 Å². The van der Waals surface area contributed by atoms with E-state index >= 15 is 0 Å². The fourth-order valence-corrected chi connectivity index (χ4v) is 2.61. The number of hydrogen-bond donors (Lipinski definition) is 3. The van der Waals surface area contributed by atoms with Crippen LogP contribution in [0.3, 0.4) is 0 Å². The van der Waals surface area contributed by atoms with Crippen LogP contribution < -0.4 is 16.6 Å². The van der Waals surface area contributed by atoms with E-state index in [9.17, 15) is 13.2 Å². The number of carbonyl (C=O) groups excluding carboxylic acids is 1. The molecule has 0 atom stereocenters. The van der Waals surface area contributed by atoms with Gasteiger partial charge in [0.05, 0.1) is 16.1 Å². The lowest BCUT2D eigenvalue weighted by Crippen LogP contribution is -2.14. The van der Waals surface area contributed by atoms with Gasteiger partial charge >= 0.3 is 0 Å². The molecule has 0 unspecified atom stereocenters. The molecule has 0 heterocycles. The van der Waals surface area contributed by atoms with Crippen molar-refractivity contribution in [3.63, 3.8) is 0 Å². The van der Waals surface area contributed by atoms with Crippen LogP contribution in [0.15, 0.2) is 41.3 Å². The Labute approximate surface area is 134 Å². The smallest absolute Gasteiger partial charge is 0.250 e. The summed E-state index contributed by atoms with van der Waals surface area (Å²) in [6.45, 7) is 3.43. The number of hydrogen-bond acceptors (Lipinski definition) is 4. The van der Waals surface area contributed by atoms with Crippen molar-refractivity contribution in [2.75, 3.05) is 5.73 Å². The van der Waals surface area contributed by atoms with Crippen molar-refractivity contribution in [2.45, 2.75) is 4.90 Å². The number of nitrogens with two attached hydrogens (primary N) is 3. The van der Waals surface area contributed by atoms with Crippen LogP contribution in [0.25, 0.3) is 11.1 Å². The number of rotatable bonds is 3. The van der Waals surface area contributed by atoms with Crippen molar-refractivity contribution in [1.29, 1.82) is 0 Å². The molecular formula is C16H14N3O3S. The minimum atomic E-state index is -3.79. The molecule has 117 valence electrons. The molecule has 0 aliphatic rings. The van der Waals surface area contributed by atoms with E-state index in [1.165, 1.54) is 30.3 Å². The molecule has 2 aromatic carbocycles. The number of carbonyl (C=O) groups is 1. The summed E-state index contributed by atoms with van der Waals surface area (Å²) in [6.07, 6.45) is 0. The third-order valence-corrected chi connectivity index (χ3v) is 4.10. The average molecular weight is 328 g/mol. The molecule has 1 amide bonds. The number of amides is 1. The Hall–Kier alpha value is -2.82. The van der Waals surface area contributed by atoms with Crippen LogP contribution in [0.1, 0.15) is 15.9 Å². The molecule has 1 radical (unpaired) electrons. The molecule has 23 heavy (non-hydrogen) atoms. The lowest BCUT2D eigenvalue weighted by atomic mass is 9.97. The second kappa shape index (κ2) is 6.12. The lowest BCUT2D eigenvalue weighted by molar-refractivity contribution is 0.100. The predicted octanol–water partition coefficient (Wildman–Crippen LogP) is 0.868. The third-order valence-electron chi connectivity index (χ3n) is 3.17. The highest BCUT2D eigenvalue weighted by atomic mass is 32.2. The van der Waals surface area contributed by atoms with Crippen molar-refractivity contribution >= 4 is 21.6 Å². The first-order chi connectivity index (χ1) is 10.7. The van der Waals surface area contributed by atoms with Crippen molar-refractivity contribution < 1.29 is 13.2 Å². The Kier molecular flexibility index (Phi) is 4.40. The molecule has 0 aliphatic heterocycles. The van der Waals surface area contributed by atoms with Crippen molar-refractivity contribution in [3.05, 3.63) is 54.4 Å². The lowest BCUT2D eigenvalue weighted by Gasteiger charge is -2.11. The highest BCUT2D eigenvalue weighted by molar-refractivity contribution is 7.89. The molecule has 0 saturated heterocycles. The fraction of sp³-hybridized carbons (Fsp3) is 0. The molecule has 0 saturated carbocycles. The second-order valence-corrected chi connectivity index (χ2v) is 6.28. The van der Waals surface area contributed by atoms with Gasteiger partial charge in [-0.3, -0.25) is 4.79 Å². The molecule has 0 spiro atoms. The molecule has 2 rings (SSSR count). The molecule has 0 fully saturated rings. The van der Waals surface area contributed by atoms with E-state index in [0.29, 0.717) is 16.7 Å². The minimum absolute atomic E-state index is 0.0244. The summed E-state index contributed by atoms with van der Waals surface area (Å²) < 4.78 is 22.6. The third kappa shape index (κ3) is 3.51. The van der Waals surface area contributed by atoms with Gasteiger partial charge in [-0.25, -0.2) is 13.6 Å². The first-order valence-electron chi connectivity index (χ1n) is 6.38. The van der Waals surface area contributed by atoms with Crippen LogP contribution in [-0.4, -0.2) is 14.3 Å². The van der Waals surface area contributed by atoms with Crippen LogP contribution in [0, 0.1) is 18.8 Å². The highest BCUT2D eigenvalue weighted by Gasteiger charge is 2.14. The van der Waals surface area contributed by atoms with Crippen molar-refractivity contribution in [3.8, 4) is 23.0 Å². The predicted molar refractivity (Wildman–Crippen MR) is 88.4 cm³/mol. The summed E-state index contributed by atoms with van der Waals surface area (Å²) in [6, 6.07) is 8.95. The Morgan fingerprint density at radius 3 is 2.22 bits per heavy atom. The summed E-state index contributed by atoms with van der Waals surface area (Å²) in [5.41, 5.74) is 13.3. The Morgan fingerprint density at radius 1 is 1.13 bits per heavy atom. The summed E-state index contributed by atoms with van der Waals surface area (Å²) in [5.74, 6) is 4.54. The summed E-state index contributed by atoms with van der Waals surface area (Å²) in [5, 5.41) is 5.06. The maximum absolute atomic E-state index is 11.5. The number of primary amides is 1. The van der Waals surface area contributed by atoms with Gasteiger partial charge in [0, 0.05) is 18.1 Å². The van der Waals surface area contributed by atoms with E-state index in [1.54, 1.807) is 6.07 Å². The van der Waals surface area contributed by atoms with E-state index in [-0.39, 0.29) is 16.1 Å². The fourth-order valence-electron chi connectivity index (χ4n) is 2.09. The molecule has 0 aliphatic carbocycles. The SMILES string of the molecule is [CH2]C#Cc1cc(C(N)=O)c(N)c(-c2ccc(S(N)(=O)=O)cc2)c1. The minimum Gasteiger partial charge on any atom is -0.398 e. The molecule has 6 N–H and O–H groups in total. The zero-order chi connectivity index (χ0) is 17.2. The normalized spacial score (nSPS) is 10.7. The highest BCUT2D eigenvalue weighted by Crippen LogP contribution is 2.30. The molecule has 7 heteroatoms. The van der Waals surface area contributed by atoms with E-state index in [0.717, 1.165) is 0 Å². The van der Waals surface area contributed by atoms with E-state index in [1.807, 2.05) is 0 Å². The number of sulfonamides is 1. The first kappa shape index (κ1) is 16.5. The van der Waals surface area contributed by atoms with Gasteiger partial charge in [-0.15, -0.1) is 0 Å². The average Bonchev–Trinajstić information content (AvgIpc) is 2.48. The van der Waals surface area contributed by atoms with E-state index in [4.69, 9.17) is 16.6 Å². The quantitative estimate of drug-likeness (QED) is 0.570. The summed E-state index contributed by atoms with van der Waals surface area (Å²) >= 11 is 0. The zero-order valence-corrected chi connectivity index (χ0v) is 12.9. The number of nitrogen functional groups attached to an aromatic ring is 1. The van der Waals surface area contributed by atoms with Gasteiger partial charge in [-0.05, 0) is 29.8 Å². The largest absolute Gasteiger partial charge is 0.398 e. The van der Waals surface area contributed by atoms with Gasteiger partial charge in [0.1, 0.15) is 0 Å². The standard InChI is InChI=1S/C16H14N3O3S/c1-2-3-10-8-13(15(17)14(9-10)16(18)20)11-4-6-12(7-5-11)23(19,21)22/h4-9H,1,17H2,(H2,18,20)(H2,19,21,22). The molecule has 0 bridgehead atoms. The van der Waals surface area contributed by atoms with E-state index < -0.39 is 15.9 Å². The zero-order valence-electron chi connectivity index (χ0n) is 12.0. The number of benzene rings is 2. The maximum Gasteiger partial charge on any atom is 0.250 e. The Balaban J connectivity index is 2.66. The van der Waals surface area contributed by atoms with Gasteiger partial charge < -0.3 is 11.5 Å². The number of anilines is 1. The van der Waals surface area contributed by atoms with Gasteiger partial charge in [0.2, 0.25) is 10.0 Å². The topological polar surface area (TPSA) is 129 Å². The van der Waals surface area contributed by atoms with Gasteiger partial charge in [0.25, 0.3) is 5.91 Å². The Bertz CT molecular complexity index is 937. The Morgan fingerprint density at radius 2 is 1.74 bits per heavy atom. The van der Waals surface area contributed by atoms with Gasteiger partial charge in [-0.1, -0.05) is 24.0 Å². The van der Waals surface area contributed by atoms with Gasteiger partial charge in [-0.2, -0.15) is 0 Å². The first-order valence-corrected chi connectivity index (χ1v) is 7.93.